The van der Waals surface area contributed by atoms with Crippen LogP contribution in [0.4, 0.5) is 11.4 Å². The average Bonchev–Trinajstić information content (AvgIpc) is 2.93. The number of benzene rings is 2. The van der Waals surface area contributed by atoms with Gasteiger partial charge in [0.2, 0.25) is 5.88 Å². The number of nitrogens with zero attached hydrogens (tertiary/aromatic N) is 1. The van der Waals surface area contributed by atoms with Crippen LogP contribution in [0.15, 0.2) is 72.8 Å². The molecule has 4 heteroatoms. The second kappa shape index (κ2) is 7.13. The van der Waals surface area contributed by atoms with Crippen molar-refractivity contribution in [2.24, 2.45) is 0 Å². The largest absolute Gasteiger partial charge is 0.456 e. The summed E-state index contributed by atoms with van der Waals surface area (Å²) in [5.74, 6) is 2.86. The van der Waals surface area contributed by atoms with Crippen molar-refractivity contribution in [1.29, 1.82) is 0 Å². The molecule has 2 aromatic rings. The summed E-state index contributed by atoms with van der Waals surface area (Å²) < 4.78 is 11.8. The van der Waals surface area contributed by atoms with Gasteiger partial charge in [-0.05, 0) is 38.1 Å². The highest BCUT2D eigenvalue weighted by Gasteiger charge is 2.24. The van der Waals surface area contributed by atoms with Gasteiger partial charge in [0.15, 0.2) is 5.75 Å². The molecule has 0 atom stereocenters. The Morgan fingerprint density at radius 2 is 1.92 bits per heavy atom. The lowest BCUT2D eigenvalue weighted by Gasteiger charge is -2.16. The molecule has 1 N–H and O–H groups in total. The summed E-state index contributed by atoms with van der Waals surface area (Å²) >= 11 is 0. The first-order valence-corrected chi connectivity index (χ1v) is 8.18. The van der Waals surface area contributed by atoms with Crippen LogP contribution in [0.5, 0.6) is 11.5 Å². The third-order valence-electron chi connectivity index (χ3n) is 3.73. The summed E-state index contributed by atoms with van der Waals surface area (Å²) in [6.07, 6.45) is 1.83. The molecule has 0 aliphatic carbocycles. The van der Waals surface area contributed by atoms with Crippen molar-refractivity contribution in [3.63, 3.8) is 0 Å². The van der Waals surface area contributed by atoms with E-state index in [1.165, 1.54) is 0 Å². The van der Waals surface area contributed by atoms with Crippen molar-refractivity contribution < 1.29 is 9.47 Å². The number of hydrogen-bond donors (Lipinski definition) is 1. The lowest BCUT2D eigenvalue weighted by Crippen LogP contribution is -2.19. The van der Waals surface area contributed by atoms with Gasteiger partial charge in [-0.1, -0.05) is 30.8 Å². The summed E-state index contributed by atoms with van der Waals surface area (Å²) in [7, 11) is 0. The number of fused-ring (bicyclic) bond motifs is 1. The van der Waals surface area contributed by atoms with Crippen LogP contribution in [0, 0.1) is 0 Å². The maximum atomic E-state index is 5.93. The van der Waals surface area contributed by atoms with Gasteiger partial charge in [-0.15, -0.1) is 0 Å². The number of allylic oxidation sites excluding steroid dienone is 1. The van der Waals surface area contributed by atoms with Crippen molar-refractivity contribution >= 4 is 11.4 Å². The van der Waals surface area contributed by atoms with Crippen molar-refractivity contribution in [2.75, 3.05) is 23.3 Å². The predicted octanol–water partition coefficient (Wildman–Crippen LogP) is 4.77. The van der Waals surface area contributed by atoms with Crippen LogP contribution in [0.1, 0.15) is 13.8 Å². The van der Waals surface area contributed by atoms with Crippen LogP contribution in [0.2, 0.25) is 0 Å². The molecule has 0 radical (unpaired) electrons. The zero-order chi connectivity index (χ0) is 16.9. The van der Waals surface area contributed by atoms with E-state index in [1.807, 2.05) is 54.6 Å². The van der Waals surface area contributed by atoms with Crippen molar-refractivity contribution in [2.45, 2.75) is 13.8 Å². The average molecular weight is 322 g/mol. The minimum Gasteiger partial charge on any atom is -0.456 e. The fraction of sp³-hybridized carbons (Fsp3) is 0.200. The zero-order valence-corrected chi connectivity index (χ0v) is 14.1. The SMILES string of the molecule is C=C(/C=C1\Oc2ccccc2N1CC)Oc1ccccc1NCC. The Morgan fingerprint density at radius 3 is 2.71 bits per heavy atom. The highest BCUT2D eigenvalue weighted by atomic mass is 16.5. The molecule has 4 nitrogen and oxygen atoms in total. The molecule has 1 aliphatic rings. The number of rotatable bonds is 6. The molecular formula is C20H22N2O2. The monoisotopic (exact) mass is 322 g/mol. The second-order valence-corrected chi connectivity index (χ2v) is 5.39. The number of para-hydroxylation sites is 4. The molecular weight excluding hydrogens is 300 g/mol. The summed E-state index contributed by atoms with van der Waals surface area (Å²) in [6.45, 7) is 9.79. The Kier molecular flexibility index (Phi) is 4.75. The minimum absolute atomic E-state index is 0.529. The van der Waals surface area contributed by atoms with Crippen LogP contribution < -0.4 is 19.7 Å². The van der Waals surface area contributed by atoms with E-state index in [1.54, 1.807) is 0 Å². The molecule has 3 rings (SSSR count). The van der Waals surface area contributed by atoms with E-state index in [4.69, 9.17) is 9.47 Å². The Labute approximate surface area is 143 Å². The molecule has 2 aromatic carbocycles. The highest BCUT2D eigenvalue weighted by molar-refractivity contribution is 5.66. The fourth-order valence-corrected chi connectivity index (χ4v) is 2.69. The van der Waals surface area contributed by atoms with Gasteiger partial charge in [-0.25, -0.2) is 0 Å². The topological polar surface area (TPSA) is 33.7 Å². The third kappa shape index (κ3) is 3.23. The van der Waals surface area contributed by atoms with E-state index in [0.717, 1.165) is 41.8 Å². The Hall–Kier alpha value is -2.88. The Balaban J connectivity index is 1.79. The Morgan fingerprint density at radius 1 is 1.17 bits per heavy atom. The van der Waals surface area contributed by atoms with Crippen LogP contribution >= 0.6 is 0 Å². The quantitative estimate of drug-likeness (QED) is 0.777. The molecule has 24 heavy (non-hydrogen) atoms. The number of ether oxygens (including phenoxy) is 2. The summed E-state index contributed by atoms with van der Waals surface area (Å²) in [5.41, 5.74) is 2.01. The van der Waals surface area contributed by atoms with Crippen molar-refractivity contribution in [3.8, 4) is 11.5 Å². The molecule has 0 saturated carbocycles. The lowest BCUT2D eigenvalue weighted by molar-refractivity contribution is 0.417. The molecule has 0 unspecified atom stereocenters. The van der Waals surface area contributed by atoms with Gasteiger partial charge in [0.1, 0.15) is 11.5 Å². The molecule has 0 fully saturated rings. The molecule has 0 amide bonds. The van der Waals surface area contributed by atoms with Crippen LogP contribution in [0.3, 0.4) is 0 Å². The molecule has 0 saturated heterocycles. The minimum atomic E-state index is 0.529. The predicted molar refractivity (Wildman–Crippen MR) is 98.5 cm³/mol. The highest BCUT2D eigenvalue weighted by Crippen LogP contribution is 2.38. The summed E-state index contributed by atoms with van der Waals surface area (Å²) in [5, 5.41) is 3.28. The van der Waals surface area contributed by atoms with Gasteiger partial charge in [0, 0.05) is 19.2 Å². The van der Waals surface area contributed by atoms with Crippen LogP contribution in [-0.4, -0.2) is 13.1 Å². The number of hydrogen-bond acceptors (Lipinski definition) is 4. The maximum absolute atomic E-state index is 5.93. The van der Waals surface area contributed by atoms with Crippen molar-refractivity contribution in [1.82, 2.24) is 0 Å². The van der Waals surface area contributed by atoms with E-state index in [2.05, 4.69) is 30.6 Å². The second-order valence-electron chi connectivity index (χ2n) is 5.39. The number of anilines is 2. The van der Waals surface area contributed by atoms with E-state index >= 15 is 0 Å². The standard InChI is InChI=1S/C20H22N2O2/c1-4-21-16-10-6-8-12-18(16)23-15(3)14-20-22(5-2)17-11-7-9-13-19(17)24-20/h6-14,21H,3-5H2,1-2H3/b20-14-. The molecule has 0 bridgehead atoms. The van der Waals surface area contributed by atoms with E-state index < -0.39 is 0 Å². The fourth-order valence-electron chi connectivity index (χ4n) is 2.69. The van der Waals surface area contributed by atoms with Crippen molar-refractivity contribution in [3.05, 3.63) is 72.8 Å². The summed E-state index contributed by atoms with van der Waals surface area (Å²) in [6, 6.07) is 15.8. The van der Waals surface area contributed by atoms with Gasteiger partial charge in [-0.3, -0.25) is 0 Å². The van der Waals surface area contributed by atoms with Gasteiger partial charge < -0.3 is 19.7 Å². The van der Waals surface area contributed by atoms with Gasteiger partial charge in [0.05, 0.1) is 11.4 Å². The molecule has 0 spiro atoms. The smallest absolute Gasteiger partial charge is 0.204 e. The van der Waals surface area contributed by atoms with Crippen LogP contribution in [-0.2, 0) is 0 Å². The summed E-state index contributed by atoms with van der Waals surface area (Å²) in [4.78, 5) is 2.10. The normalized spacial score (nSPS) is 14.2. The van der Waals surface area contributed by atoms with Gasteiger partial charge in [-0.2, -0.15) is 0 Å². The molecule has 1 aliphatic heterocycles. The van der Waals surface area contributed by atoms with E-state index in [9.17, 15) is 0 Å². The molecule has 124 valence electrons. The molecule has 0 aromatic heterocycles. The van der Waals surface area contributed by atoms with Crippen LogP contribution in [0.25, 0.3) is 0 Å². The first-order valence-electron chi connectivity index (χ1n) is 8.18. The van der Waals surface area contributed by atoms with E-state index in [0.29, 0.717) is 5.76 Å². The third-order valence-corrected chi connectivity index (χ3v) is 3.73. The molecule has 1 heterocycles. The van der Waals surface area contributed by atoms with Gasteiger partial charge >= 0.3 is 0 Å². The first kappa shape index (κ1) is 16.0. The van der Waals surface area contributed by atoms with Gasteiger partial charge in [0.25, 0.3) is 0 Å². The first-order chi connectivity index (χ1) is 11.7. The van der Waals surface area contributed by atoms with E-state index in [-0.39, 0.29) is 0 Å². The number of nitrogens with one attached hydrogen (secondary N) is 1. The maximum Gasteiger partial charge on any atom is 0.204 e. The zero-order valence-electron chi connectivity index (χ0n) is 14.1. The Bertz CT molecular complexity index is 768. The lowest BCUT2D eigenvalue weighted by atomic mass is 10.3.